The van der Waals surface area contributed by atoms with Crippen molar-refractivity contribution in [1.29, 1.82) is 0 Å². The standard InChI is InChI=1S/C15H13F3N2O2/c16-15(17,18)13-9-12(7-8-19-13)20-11-4-1-10(2-5-11)3-6-14(21)22/h1-2,4-5,7-9H,3,6H2,(H,19,20)(H,21,22). The number of halogens is 3. The summed E-state index contributed by atoms with van der Waals surface area (Å²) in [4.78, 5) is 13.8. The van der Waals surface area contributed by atoms with Crippen LogP contribution in [0.4, 0.5) is 24.5 Å². The highest BCUT2D eigenvalue weighted by molar-refractivity contribution is 5.67. The number of hydrogen-bond acceptors (Lipinski definition) is 3. The Bertz CT molecular complexity index is 655. The lowest BCUT2D eigenvalue weighted by Crippen LogP contribution is -2.08. The zero-order valence-electron chi connectivity index (χ0n) is 11.4. The van der Waals surface area contributed by atoms with Gasteiger partial charge >= 0.3 is 12.1 Å². The number of nitrogens with one attached hydrogen (secondary N) is 1. The third-order valence-corrected chi connectivity index (χ3v) is 2.92. The summed E-state index contributed by atoms with van der Waals surface area (Å²) in [5.74, 6) is -0.876. The molecule has 1 aromatic heterocycles. The first-order chi connectivity index (χ1) is 10.3. The predicted molar refractivity (Wildman–Crippen MR) is 74.9 cm³/mol. The van der Waals surface area contributed by atoms with Crippen LogP contribution in [0.3, 0.4) is 0 Å². The van der Waals surface area contributed by atoms with Crippen molar-refractivity contribution in [3.05, 3.63) is 53.9 Å². The number of anilines is 2. The van der Waals surface area contributed by atoms with Crippen LogP contribution >= 0.6 is 0 Å². The van der Waals surface area contributed by atoms with Crippen molar-refractivity contribution in [3.8, 4) is 0 Å². The molecule has 0 aliphatic rings. The van der Waals surface area contributed by atoms with Gasteiger partial charge in [-0.2, -0.15) is 13.2 Å². The van der Waals surface area contributed by atoms with E-state index in [4.69, 9.17) is 5.11 Å². The average Bonchev–Trinajstić information content (AvgIpc) is 2.46. The molecule has 0 saturated carbocycles. The van der Waals surface area contributed by atoms with E-state index in [1.807, 2.05) is 0 Å². The molecule has 4 nitrogen and oxygen atoms in total. The van der Waals surface area contributed by atoms with Gasteiger partial charge in [0.05, 0.1) is 0 Å². The van der Waals surface area contributed by atoms with Gasteiger partial charge in [0.25, 0.3) is 0 Å². The van der Waals surface area contributed by atoms with E-state index in [1.165, 1.54) is 6.07 Å². The van der Waals surface area contributed by atoms with Gasteiger partial charge in [-0.05, 0) is 36.2 Å². The second-order valence-electron chi connectivity index (χ2n) is 4.64. The minimum absolute atomic E-state index is 0.0338. The molecule has 22 heavy (non-hydrogen) atoms. The fraction of sp³-hybridized carbons (Fsp3) is 0.200. The van der Waals surface area contributed by atoms with Crippen LogP contribution < -0.4 is 5.32 Å². The Morgan fingerprint density at radius 2 is 1.82 bits per heavy atom. The molecule has 0 saturated heterocycles. The highest BCUT2D eigenvalue weighted by Gasteiger charge is 2.32. The van der Waals surface area contributed by atoms with Crippen LogP contribution in [0.25, 0.3) is 0 Å². The summed E-state index contributed by atoms with van der Waals surface area (Å²) < 4.78 is 37.7. The number of rotatable bonds is 5. The molecule has 0 amide bonds. The lowest BCUT2D eigenvalue weighted by atomic mass is 10.1. The van der Waals surface area contributed by atoms with Gasteiger partial charge in [0.2, 0.25) is 0 Å². The van der Waals surface area contributed by atoms with E-state index in [2.05, 4.69) is 10.3 Å². The number of aromatic nitrogens is 1. The third kappa shape index (κ3) is 4.47. The molecule has 2 rings (SSSR count). The maximum atomic E-state index is 12.6. The second kappa shape index (κ2) is 6.46. The minimum Gasteiger partial charge on any atom is -0.481 e. The molecule has 0 aliphatic carbocycles. The van der Waals surface area contributed by atoms with Crippen LogP contribution in [0.15, 0.2) is 42.6 Å². The summed E-state index contributed by atoms with van der Waals surface area (Å²) in [6.07, 6.45) is -2.96. The number of aryl methyl sites for hydroxylation is 1. The highest BCUT2D eigenvalue weighted by Crippen LogP contribution is 2.29. The van der Waals surface area contributed by atoms with Gasteiger partial charge in [0, 0.05) is 24.0 Å². The van der Waals surface area contributed by atoms with Gasteiger partial charge in [-0.25, -0.2) is 0 Å². The van der Waals surface area contributed by atoms with Crippen molar-refractivity contribution in [2.24, 2.45) is 0 Å². The van der Waals surface area contributed by atoms with Crippen molar-refractivity contribution in [3.63, 3.8) is 0 Å². The number of pyridine rings is 1. The zero-order valence-corrected chi connectivity index (χ0v) is 11.4. The Kier molecular flexibility index (Phi) is 4.65. The zero-order chi connectivity index (χ0) is 16.2. The van der Waals surface area contributed by atoms with E-state index in [-0.39, 0.29) is 12.1 Å². The summed E-state index contributed by atoms with van der Waals surface area (Å²) in [5, 5.41) is 11.5. The maximum absolute atomic E-state index is 12.6. The molecule has 0 fully saturated rings. The topological polar surface area (TPSA) is 62.2 Å². The fourth-order valence-electron chi connectivity index (χ4n) is 1.84. The molecule has 0 unspecified atom stereocenters. The van der Waals surface area contributed by atoms with Crippen molar-refractivity contribution in [1.82, 2.24) is 4.98 Å². The van der Waals surface area contributed by atoms with Crippen LogP contribution in [-0.2, 0) is 17.4 Å². The van der Waals surface area contributed by atoms with Gasteiger partial charge in [0.15, 0.2) is 0 Å². The molecule has 0 bridgehead atoms. The van der Waals surface area contributed by atoms with Crippen molar-refractivity contribution < 1.29 is 23.1 Å². The van der Waals surface area contributed by atoms with E-state index in [1.54, 1.807) is 24.3 Å². The fourth-order valence-corrected chi connectivity index (χ4v) is 1.84. The number of carboxylic acid groups (broad SMARTS) is 1. The van der Waals surface area contributed by atoms with Crippen LogP contribution in [0.2, 0.25) is 0 Å². The second-order valence-corrected chi connectivity index (χ2v) is 4.64. The Balaban J connectivity index is 2.06. The largest absolute Gasteiger partial charge is 0.481 e. The van der Waals surface area contributed by atoms with Crippen molar-refractivity contribution in [2.45, 2.75) is 19.0 Å². The molecule has 0 atom stereocenters. The van der Waals surface area contributed by atoms with Crippen LogP contribution in [-0.4, -0.2) is 16.1 Å². The molecular weight excluding hydrogens is 297 g/mol. The molecule has 1 heterocycles. The molecule has 2 N–H and O–H groups in total. The van der Waals surface area contributed by atoms with E-state index in [0.29, 0.717) is 12.1 Å². The van der Waals surface area contributed by atoms with E-state index in [9.17, 15) is 18.0 Å². The van der Waals surface area contributed by atoms with E-state index in [0.717, 1.165) is 17.8 Å². The van der Waals surface area contributed by atoms with Crippen LogP contribution in [0.1, 0.15) is 17.7 Å². The summed E-state index contributed by atoms with van der Waals surface area (Å²) in [7, 11) is 0. The Hall–Kier alpha value is -2.57. The van der Waals surface area contributed by atoms with Crippen molar-refractivity contribution >= 4 is 17.3 Å². The monoisotopic (exact) mass is 310 g/mol. The third-order valence-electron chi connectivity index (χ3n) is 2.92. The minimum atomic E-state index is -4.49. The predicted octanol–water partition coefficient (Wildman–Crippen LogP) is 3.86. The molecule has 1 aromatic carbocycles. The Morgan fingerprint density at radius 1 is 1.14 bits per heavy atom. The summed E-state index contributed by atoms with van der Waals surface area (Å²) in [6.45, 7) is 0. The molecule has 2 aromatic rings. The Labute approximate surface area is 124 Å². The van der Waals surface area contributed by atoms with Gasteiger partial charge in [0.1, 0.15) is 5.69 Å². The van der Waals surface area contributed by atoms with Gasteiger partial charge in [-0.3, -0.25) is 9.78 Å². The summed E-state index contributed by atoms with van der Waals surface area (Å²) >= 11 is 0. The molecule has 7 heteroatoms. The molecule has 0 spiro atoms. The first-order valence-electron chi connectivity index (χ1n) is 6.45. The van der Waals surface area contributed by atoms with E-state index < -0.39 is 17.8 Å². The first kappa shape index (κ1) is 15.8. The average molecular weight is 310 g/mol. The Morgan fingerprint density at radius 3 is 2.41 bits per heavy atom. The lowest BCUT2D eigenvalue weighted by molar-refractivity contribution is -0.141. The highest BCUT2D eigenvalue weighted by atomic mass is 19.4. The van der Waals surface area contributed by atoms with Gasteiger partial charge < -0.3 is 10.4 Å². The lowest BCUT2D eigenvalue weighted by Gasteiger charge is -2.10. The molecule has 0 aliphatic heterocycles. The SMILES string of the molecule is O=C(O)CCc1ccc(Nc2ccnc(C(F)(F)F)c2)cc1. The number of carbonyl (C=O) groups is 1. The number of nitrogens with zero attached hydrogens (tertiary/aromatic N) is 1. The normalized spacial score (nSPS) is 11.2. The summed E-state index contributed by atoms with van der Waals surface area (Å²) in [5.41, 5.74) is 0.772. The number of benzene rings is 1. The molecule has 0 radical (unpaired) electrons. The number of aliphatic carboxylic acids is 1. The van der Waals surface area contributed by atoms with Crippen molar-refractivity contribution in [2.75, 3.05) is 5.32 Å². The van der Waals surface area contributed by atoms with Crippen LogP contribution in [0.5, 0.6) is 0 Å². The number of carboxylic acids is 1. The quantitative estimate of drug-likeness (QED) is 0.880. The summed E-state index contributed by atoms with van der Waals surface area (Å²) in [6, 6.07) is 9.20. The van der Waals surface area contributed by atoms with Gasteiger partial charge in [-0.15, -0.1) is 0 Å². The maximum Gasteiger partial charge on any atom is 0.433 e. The molecular formula is C15H13F3N2O2. The number of alkyl halides is 3. The smallest absolute Gasteiger partial charge is 0.433 e. The number of hydrogen-bond donors (Lipinski definition) is 2. The van der Waals surface area contributed by atoms with Gasteiger partial charge in [-0.1, -0.05) is 12.1 Å². The first-order valence-corrected chi connectivity index (χ1v) is 6.45. The molecule has 116 valence electrons. The van der Waals surface area contributed by atoms with E-state index >= 15 is 0 Å². The van der Waals surface area contributed by atoms with Crippen LogP contribution in [0, 0.1) is 0 Å².